The predicted molar refractivity (Wildman–Crippen MR) is 74.5 cm³/mol. The lowest BCUT2D eigenvalue weighted by Crippen LogP contribution is -2.10. The normalized spacial score (nSPS) is 17.2. The fourth-order valence-corrected chi connectivity index (χ4v) is 2.73. The summed E-state index contributed by atoms with van der Waals surface area (Å²) >= 11 is 0. The summed E-state index contributed by atoms with van der Waals surface area (Å²) in [5.41, 5.74) is 1.79. The first kappa shape index (κ1) is 13.6. The number of nitrogens with zero attached hydrogens (tertiary/aromatic N) is 1. The van der Waals surface area contributed by atoms with Gasteiger partial charge in [-0.3, -0.25) is 10.1 Å². The van der Waals surface area contributed by atoms with Crippen LogP contribution < -0.4 is 4.74 Å². The van der Waals surface area contributed by atoms with E-state index >= 15 is 0 Å². The van der Waals surface area contributed by atoms with E-state index in [4.69, 9.17) is 4.74 Å². The van der Waals surface area contributed by atoms with Gasteiger partial charge in [0.1, 0.15) is 5.75 Å². The Bertz CT molecular complexity index is 459. The van der Waals surface area contributed by atoms with Crippen molar-refractivity contribution in [3.8, 4) is 5.75 Å². The molecule has 0 aromatic heterocycles. The number of allylic oxidation sites excluding steroid dienone is 1. The third kappa shape index (κ3) is 3.56. The average Bonchev–Trinajstić information content (AvgIpc) is 2.46. The second kappa shape index (κ2) is 6.36. The third-order valence-corrected chi connectivity index (χ3v) is 3.71. The molecule has 2 rings (SSSR count). The number of ether oxygens (including phenoxy) is 1. The van der Waals surface area contributed by atoms with Gasteiger partial charge in [0.05, 0.1) is 12.0 Å². The number of nitro groups is 1. The highest BCUT2D eigenvalue weighted by Gasteiger charge is 2.21. The van der Waals surface area contributed by atoms with E-state index in [9.17, 15) is 10.1 Å². The van der Waals surface area contributed by atoms with Crippen LogP contribution in [0.1, 0.15) is 37.7 Å². The zero-order valence-corrected chi connectivity index (χ0v) is 11.2. The topological polar surface area (TPSA) is 52.4 Å². The van der Waals surface area contributed by atoms with E-state index in [1.165, 1.54) is 12.6 Å². The molecule has 1 aromatic carbocycles. The number of hydrogen-bond donors (Lipinski definition) is 0. The van der Waals surface area contributed by atoms with Crippen LogP contribution in [-0.4, -0.2) is 12.0 Å². The maximum absolute atomic E-state index is 10.9. The van der Waals surface area contributed by atoms with Gasteiger partial charge in [-0.05, 0) is 36.5 Å². The Hall–Kier alpha value is -1.84. The summed E-state index contributed by atoms with van der Waals surface area (Å²) in [6.45, 7) is 0. The molecule has 0 unspecified atom stereocenters. The van der Waals surface area contributed by atoms with Gasteiger partial charge in [-0.1, -0.05) is 31.4 Å². The van der Waals surface area contributed by atoms with Crippen LogP contribution in [0.4, 0.5) is 0 Å². The summed E-state index contributed by atoms with van der Waals surface area (Å²) in [4.78, 5) is 10.5. The minimum absolute atomic E-state index is 0.313. The molecule has 0 aliphatic heterocycles. The Morgan fingerprint density at radius 3 is 2.42 bits per heavy atom. The molecular weight excluding hydrogens is 242 g/mol. The van der Waals surface area contributed by atoms with Gasteiger partial charge in [-0.2, -0.15) is 0 Å². The van der Waals surface area contributed by atoms with Gasteiger partial charge in [0.15, 0.2) is 0 Å². The number of hydrogen-bond acceptors (Lipinski definition) is 3. The first-order chi connectivity index (χ1) is 9.20. The molecule has 4 nitrogen and oxygen atoms in total. The molecule has 0 bridgehead atoms. The van der Waals surface area contributed by atoms with E-state index in [-0.39, 0.29) is 4.92 Å². The summed E-state index contributed by atoms with van der Waals surface area (Å²) in [5.74, 6) is 1.08. The molecular formula is C15H19NO3. The van der Waals surface area contributed by atoms with Crippen LogP contribution in [-0.2, 0) is 0 Å². The van der Waals surface area contributed by atoms with Gasteiger partial charge >= 0.3 is 0 Å². The molecule has 1 aliphatic rings. The molecule has 0 spiro atoms. The first-order valence-electron chi connectivity index (χ1n) is 6.70. The Kier molecular flexibility index (Phi) is 4.55. The molecule has 0 amide bonds. The van der Waals surface area contributed by atoms with Crippen molar-refractivity contribution >= 4 is 5.57 Å². The second-order valence-corrected chi connectivity index (χ2v) is 4.93. The lowest BCUT2D eigenvalue weighted by molar-refractivity contribution is -0.401. The largest absolute Gasteiger partial charge is 0.497 e. The van der Waals surface area contributed by atoms with Gasteiger partial charge in [0.25, 0.3) is 0 Å². The molecule has 0 atom stereocenters. The van der Waals surface area contributed by atoms with E-state index in [1.54, 1.807) is 7.11 Å². The van der Waals surface area contributed by atoms with E-state index < -0.39 is 0 Å². The summed E-state index contributed by atoms with van der Waals surface area (Å²) in [7, 11) is 1.61. The van der Waals surface area contributed by atoms with Crippen LogP contribution in [0.25, 0.3) is 5.57 Å². The molecule has 0 radical (unpaired) electrons. The zero-order valence-electron chi connectivity index (χ0n) is 11.2. The van der Waals surface area contributed by atoms with E-state index in [1.807, 2.05) is 24.3 Å². The van der Waals surface area contributed by atoms with Crippen LogP contribution >= 0.6 is 0 Å². The highest BCUT2D eigenvalue weighted by molar-refractivity contribution is 5.67. The summed E-state index contributed by atoms with van der Waals surface area (Å²) in [6, 6.07) is 7.52. The first-order valence-corrected chi connectivity index (χ1v) is 6.70. The van der Waals surface area contributed by atoms with Crippen molar-refractivity contribution in [1.82, 2.24) is 0 Å². The molecule has 1 aliphatic carbocycles. The van der Waals surface area contributed by atoms with Crippen molar-refractivity contribution in [2.75, 3.05) is 7.11 Å². The Labute approximate surface area is 113 Å². The highest BCUT2D eigenvalue weighted by atomic mass is 16.6. The minimum Gasteiger partial charge on any atom is -0.497 e. The molecule has 0 saturated heterocycles. The predicted octanol–water partition coefficient (Wildman–Crippen LogP) is 3.89. The molecule has 0 heterocycles. The van der Waals surface area contributed by atoms with Gasteiger partial charge in [0, 0.05) is 5.57 Å². The molecule has 1 fully saturated rings. The molecule has 102 valence electrons. The maximum atomic E-state index is 10.9. The van der Waals surface area contributed by atoms with E-state index in [2.05, 4.69) is 0 Å². The number of methoxy groups -OCH3 is 1. The molecule has 4 heteroatoms. The fourth-order valence-electron chi connectivity index (χ4n) is 2.73. The van der Waals surface area contributed by atoms with Crippen LogP contribution in [0.3, 0.4) is 0 Å². The van der Waals surface area contributed by atoms with Crippen molar-refractivity contribution in [1.29, 1.82) is 0 Å². The highest BCUT2D eigenvalue weighted by Crippen LogP contribution is 2.35. The van der Waals surface area contributed by atoms with Gasteiger partial charge in [0.2, 0.25) is 6.20 Å². The Morgan fingerprint density at radius 1 is 1.26 bits per heavy atom. The standard InChI is InChI=1S/C15H19NO3/c1-19-14-9-7-13(8-10-14)15(11-16(17)18)12-5-3-2-4-6-12/h7-12H,2-6H2,1H3/b15-11-. The summed E-state index contributed by atoms with van der Waals surface area (Å²) in [5, 5.41) is 10.9. The lowest BCUT2D eigenvalue weighted by Gasteiger charge is -2.23. The molecule has 1 saturated carbocycles. The van der Waals surface area contributed by atoms with Crippen LogP contribution in [0.5, 0.6) is 5.75 Å². The van der Waals surface area contributed by atoms with Crippen molar-refractivity contribution in [3.63, 3.8) is 0 Å². The quantitative estimate of drug-likeness (QED) is 0.610. The Balaban J connectivity index is 2.28. The monoisotopic (exact) mass is 261 g/mol. The van der Waals surface area contributed by atoms with E-state index in [0.29, 0.717) is 5.92 Å². The molecule has 0 N–H and O–H groups in total. The number of rotatable bonds is 4. The van der Waals surface area contributed by atoms with Crippen LogP contribution in [0, 0.1) is 16.0 Å². The second-order valence-electron chi connectivity index (χ2n) is 4.93. The Morgan fingerprint density at radius 2 is 1.89 bits per heavy atom. The molecule has 1 aromatic rings. The van der Waals surface area contributed by atoms with Gasteiger partial charge in [-0.15, -0.1) is 0 Å². The van der Waals surface area contributed by atoms with E-state index in [0.717, 1.165) is 42.6 Å². The SMILES string of the molecule is COc1ccc(/C(=C\[N+](=O)[O-])C2CCCCC2)cc1. The fraction of sp³-hybridized carbons (Fsp3) is 0.467. The third-order valence-electron chi connectivity index (χ3n) is 3.71. The summed E-state index contributed by atoms with van der Waals surface area (Å²) < 4.78 is 5.12. The van der Waals surface area contributed by atoms with Crippen molar-refractivity contribution in [3.05, 3.63) is 46.1 Å². The molecule has 19 heavy (non-hydrogen) atoms. The van der Waals surface area contributed by atoms with Crippen LogP contribution in [0.2, 0.25) is 0 Å². The van der Waals surface area contributed by atoms with Gasteiger partial charge in [-0.25, -0.2) is 0 Å². The van der Waals surface area contributed by atoms with Crippen molar-refractivity contribution in [2.45, 2.75) is 32.1 Å². The summed E-state index contributed by atoms with van der Waals surface area (Å²) in [6.07, 6.45) is 6.84. The zero-order chi connectivity index (χ0) is 13.7. The minimum atomic E-state index is -0.339. The smallest absolute Gasteiger partial charge is 0.238 e. The maximum Gasteiger partial charge on any atom is 0.238 e. The van der Waals surface area contributed by atoms with Crippen molar-refractivity contribution < 1.29 is 9.66 Å². The van der Waals surface area contributed by atoms with Gasteiger partial charge < -0.3 is 4.74 Å². The number of benzene rings is 1. The average molecular weight is 261 g/mol. The van der Waals surface area contributed by atoms with Crippen molar-refractivity contribution in [2.24, 2.45) is 5.92 Å². The lowest BCUT2D eigenvalue weighted by atomic mass is 9.81. The van der Waals surface area contributed by atoms with Crippen LogP contribution in [0.15, 0.2) is 30.5 Å².